The van der Waals surface area contributed by atoms with Crippen molar-refractivity contribution in [2.75, 3.05) is 6.54 Å². The van der Waals surface area contributed by atoms with E-state index in [4.69, 9.17) is 5.73 Å². The minimum atomic E-state index is -0.579. The molecule has 0 saturated heterocycles. The molecule has 1 saturated carbocycles. The number of alkyl halides is 1. The molecule has 1 aliphatic carbocycles. The minimum Gasteiger partial charge on any atom is -0.330 e. The zero-order valence-corrected chi connectivity index (χ0v) is 5.46. The lowest BCUT2D eigenvalue weighted by molar-refractivity contribution is 0.119. The molecule has 3 heteroatoms. The van der Waals surface area contributed by atoms with Crippen molar-refractivity contribution in [3.8, 4) is 0 Å². The third-order valence-corrected chi connectivity index (χ3v) is 1.63. The normalized spacial score (nSPS) is 35.2. The van der Waals surface area contributed by atoms with Crippen LogP contribution >= 0.6 is 12.4 Å². The molecule has 1 nitrogen and oxygen atoms in total. The van der Waals surface area contributed by atoms with Crippen LogP contribution < -0.4 is 5.73 Å². The Morgan fingerprint density at radius 1 is 1.50 bits per heavy atom. The van der Waals surface area contributed by atoms with Gasteiger partial charge in [-0.15, -0.1) is 12.4 Å². The summed E-state index contributed by atoms with van der Waals surface area (Å²) < 4.78 is 12.1. The summed E-state index contributed by atoms with van der Waals surface area (Å²) in [6.07, 6.45) is 1.16. The highest BCUT2D eigenvalue weighted by Gasteiger charge is 2.28. The first-order valence-electron chi connectivity index (χ1n) is 2.68. The van der Waals surface area contributed by atoms with E-state index in [9.17, 15) is 4.39 Å². The molecule has 0 amide bonds. The molecule has 2 N–H and O–H groups in total. The predicted molar refractivity (Wildman–Crippen MR) is 33.9 cm³/mol. The van der Waals surface area contributed by atoms with Crippen molar-refractivity contribution in [1.29, 1.82) is 0 Å². The molecule has 2 atom stereocenters. The SMILES string of the molecule is Cl.NC[C@@H]1CC[C@@H]1F. The van der Waals surface area contributed by atoms with Crippen LogP contribution in [0.5, 0.6) is 0 Å². The molecule has 0 aromatic carbocycles. The van der Waals surface area contributed by atoms with Gasteiger partial charge in [-0.3, -0.25) is 0 Å². The molecule has 0 aromatic rings. The molecule has 0 aromatic heterocycles. The lowest BCUT2D eigenvalue weighted by Crippen LogP contribution is -2.33. The Morgan fingerprint density at radius 3 is 2.12 bits per heavy atom. The van der Waals surface area contributed by atoms with Crippen LogP contribution in [-0.4, -0.2) is 12.7 Å². The number of rotatable bonds is 1. The highest BCUT2D eigenvalue weighted by atomic mass is 35.5. The van der Waals surface area contributed by atoms with E-state index in [0.717, 1.165) is 12.8 Å². The number of nitrogens with two attached hydrogens (primary N) is 1. The zero-order valence-electron chi connectivity index (χ0n) is 4.64. The summed E-state index contributed by atoms with van der Waals surface area (Å²) >= 11 is 0. The van der Waals surface area contributed by atoms with Crippen LogP contribution in [0.15, 0.2) is 0 Å². The smallest absolute Gasteiger partial charge is 0.104 e. The van der Waals surface area contributed by atoms with Crippen LogP contribution in [0.25, 0.3) is 0 Å². The molecule has 1 rings (SSSR count). The van der Waals surface area contributed by atoms with Crippen molar-refractivity contribution in [3.63, 3.8) is 0 Å². The van der Waals surface area contributed by atoms with E-state index in [1.807, 2.05) is 0 Å². The van der Waals surface area contributed by atoms with Crippen LogP contribution in [0.2, 0.25) is 0 Å². The van der Waals surface area contributed by atoms with Gasteiger partial charge >= 0.3 is 0 Å². The Bertz CT molecular complexity index is 67.4. The van der Waals surface area contributed by atoms with Gasteiger partial charge in [0.05, 0.1) is 0 Å². The maximum atomic E-state index is 12.1. The molecule has 50 valence electrons. The van der Waals surface area contributed by atoms with Crippen molar-refractivity contribution in [2.45, 2.75) is 19.0 Å². The van der Waals surface area contributed by atoms with Crippen LogP contribution in [-0.2, 0) is 0 Å². The summed E-state index contributed by atoms with van der Waals surface area (Å²) in [6, 6.07) is 0. The van der Waals surface area contributed by atoms with E-state index in [-0.39, 0.29) is 18.3 Å². The summed E-state index contributed by atoms with van der Waals surface area (Å²) in [7, 11) is 0. The Kier molecular flexibility index (Phi) is 3.33. The summed E-state index contributed by atoms with van der Waals surface area (Å²) in [5, 5.41) is 0. The molecule has 0 unspecified atom stereocenters. The Balaban J connectivity index is 0.000000490. The Morgan fingerprint density at radius 2 is 2.12 bits per heavy atom. The first kappa shape index (κ1) is 8.18. The monoisotopic (exact) mass is 139 g/mol. The molecule has 0 aliphatic heterocycles. The fourth-order valence-electron chi connectivity index (χ4n) is 0.794. The van der Waals surface area contributed by atoms with Crippen LogP contribution in [0.3, 0.4) is 0 Å². The largest absolute Gasteiger partial charge is 0.330 e. The van der Waals surface area contributed by atoms with Gasteiger partial charge in [-0.25, -0.2) is 4.39 Å². The molecule has 0 spiro atoms. The maximum absolute atomic E-state index is 12.1. The summed E-state index contributed by atoms with van der Waals surface area (Å²) in [5.41, 5.74) is 5.18. The fraction of sp³-hybridized carbons (Fsp3) is 1.00. The Labute approximate surface area is 54.9 Å². The summed E-state index contributed by atoms with van der Waals surface area (Å²) in [6.45, 7) is 0.529. The zero-order chi connectivity index (χ0) is 5.28. The van der Waals surface area contributed by atoms with Gasteiger partial charge < -0.3 is 5.73 Å². The van der Waals surface area contributed by atoms with E-state index in [0.29, 0.717) is 6.54 Å². The van der Waals surface area contributed by atoms with E-state index in [1.165, 1.54) is 0 Å². The van der Waals surface area contributed by atoms with Gasteiger partial charge in [0.1, 0.15) is 6.17 Å². The highest BCUT2D eigenvalue weighted by Crippen LogP contribution is 2.28. The fourth-order valence-corrected chi connectivity index (χ4v) is 0.794. The first-order valence-corrected chi connectivity index (χ1v) is 2.68. The third-order valence-electron chi connectivity index (χ3n) is 1.63. The van der Waals surface area contributed by atoms with E-state index in [1.54, 1.807) is 0 Å². The minimum absolute atomic E-state index is 0. The van der Waals surface area contributed by atoms with Gasteiger partial charge in [0.25, 0.3) is 0 Å². The van der Waals surface area contributed by atoms with Crippen LogP contribution in [0.4, 0.5) is 4.39 Å². The summed E-state index contributed by atoms with van der Waals surface area (Å²) in [4.78, 5) is 0. The van der Waals surface area contributed by atoms with Gasteiger partial charge in [0.2, 0.25) is 0 Å². The standard InChI is InChI=1S/C5H10FN.ClH/c6-5-2-1-4(5)3-7;/h4-5H,1-3,7H2;1H/t4-,5-;/m0./s1. The number of hydrogen-bond donors (Lipinski definition) is 1. The van der Waals surface area contributed by atoms with Crippen LogP contribution in [0.1, 0.15) is 12.8 Å². The van der Waals surface area contributed by atoms with Gasteiger partial charge in [-0.1, -0.05) is 0 Å². The maximum Gasteiger partial charge on any atom is 0.104 e. The number of hydrogen-bond acceptors (Lipinski definition) is 1. The molecule has 1 fully saturated rings. The molecular formula is C5H11ClFN. The molecule has 0 bridgehead atoms. The molecule has 0 radical (unpaired) electrons. The van der Waals surface area contributed by atoms with Crippen molar-refractivity contribution in [2.24, 2.45) is 11.7 Å². The molecule has 1 aliphatic rings. The second-order valence-corrected chi connectivity index (χ2v) is 2.09. The second kappa shape index (κ2) is 3.25. The quantitative estimate of drug-likeness (QED) is 0.579. The van der Waals surface area contributed by atoms with Crippen molar-refractivity contribution in [1.82, 2.24) is 0 Å². The van der Waals surface area contributed by atoms with E-state index in [2.05, 4.69) is 0 Å². The second-order valence-electron chi connectivity index (χ2n) is 2.09. The molecular weight excluding hydrogens is 129 g/mol. The van der Waals surface area contributed by atoms with E-state index >= 15 is 0 Å². The average Bonchev–Trinajstić information content (AvgIpc) is 1.65. The molecule has 0 heterocycles. The van der Waals surface area contributed by atoms with Gasteiger partial charge in [-0.2, -0.15) is 0 Å². The summed E-state index contributed by atoms with van der Waals surface area (Å²) in [5.74, 6) is 0.194. The van der Waals surface area contributed by atoms with Gasteiger partial charge in [0, 0.05) is 5.92 Å². The lowest BCUT2D eigenvalue weighted by Gasteiger charge is -2.28. The third kappa shape index (κ3) is 1.33. The van der Waals surface area contributed by atoms with Crippen LogP contribution in [0, 0.1) is 5.92 Å². The molecule has 8 heavy (non-hydrogen) atoms. The van der Waals surface area contributed by atoms with Gasteiger partial charge in [0.15, 0.2) is 0 Å². The predicted octanol–water partition coefficient (Wildman–Crippen LogP) is 1.12. The Hall–Kier alpha value is 0.180. The topological polar surface area (TPSA) is 26.0 Å². The van der Waals surface area contributed by atoms with Crippen molar-refractivity contribution in [3.05, 3.63) is 0 Å². The van der Waals surface area contributed by atoms with E-state index < -0.39 is 6.17 Å². The van der Waals surface area contributed by atoms with Crippen molar-refractivity contribution >= 4 is 12.4 Å². The van der Waals surface area contributed by atoms with Crippen molar-refractivity contribution < 1.29 is 4.39 Å². The first-order chi connectivity index (χ1) is 3.34. The highest BCUT2D eigenvalue weighted by molar-refractivity contribution is 5.85. The average molecular weight is 140 g/mol. The number of halogens is 2. The van der Waals surface area contributed by atoms with Gasteiger partial charge in [-0.05, 0) is 19.4 Å². The lowest BCUT2D eigenvalue weighted by atomic mass is 9.83.